The summed E-state index contributed by atoms with van der Waals surface area (Å²) in [4.78, 5) is 24.1. The summed E-state index contributed by atoms with van der Waals surface area (Å²) in [5, 5.41) is 10.8. The molecular formula is C12H18N4O3S. The predicted molar refractivity (Wildman–Crippen MR) is 80.8 cm³/mol. The lowest BCUT2D eigenvalue weighted by molar-refractivity contribution is -0.384. The third kappa shape index (κ3) is 3.61. The lowest BCUT2D eigenvalue weighted by Crippen LogP contribution is -2.36. The van der Waals surface area contributed by atoms with Gasteiger partial charge in [-0.1, -0.05) is 0 Å². The van der Waals surface area contributed by atoms with Gasteiger partial charge in [-0.05, 0) is 25.3 Å². The molecule has 1 atom stereocenters. The average molecular weight is 298 g/mol. The molecule has 1 aromatic rings. The fourth-order valence-electron chi connectivity index (χ4n) is 1.70. The topological polar surface area (TPSA) is 102 Å². The summed E-state index contributed by atoms with van der Waals surface area (Å²) in [5.74, 6) is 5.88. The van der Waals surface area contributed by atoms with Crippen molar-refractivity contribution in [1.82, 2.24) is 4.90 Å². The molecule has 0 saturated carbocycles. The molecule has 0 bridgehead atoms. The van der Waals surface area contributed by atoms with Crippen LogP contribution >= 0.6 is 11.8 Å². The van der Waals surface area contributed by atoms with E-state index < -0.39 is 4.92 Å². The van der Waals surface area contributed by atoms with Gasteiger partial charge in [0.2, 0.25) is 0 Å². The van der Waals surface area contributed by atoms with Crippen LogP contribution in [0.1, 0.15) is 17.3 Å². The molecule has 0 aliphatic heterocycles. The highest BCUT2D eigenvalue weighted by Crippen LogP contribution is 2.25. The Morgan fingerprint density at radius 3 is 2.75 bits per heavy atom. The molecule has 0 heterocycles. The van der Waals surface area contributed by atoms with Crippen molar-refractivity contribution >= 4 is 29.0 Å². The second-order valence-electron chi connectivity index (χ2n) is 4.35. The van der Waals surface area contributed by atoms with Gasteiger partial charge in [0.25, 0.3) is 11.6 Å². The van der Waals surface area contributed by atoms with E-state index in [1.807, 2.05) is 13.2 Å². The lowest BCUT2D eigenvalue weighted by Gasteiger charge is -2.24. The summed E-state index contributed by atoms with van der Waals surface area (Å²) >= 11 is 1.65. The van der Waals surface area contributed by atoms with Gasteiger partial charge in [0.1, 0.15) is 5.69 Å². The molecule has 1 amide bonds. The largest absolute Gasteiger partial charge is 0.338 e. The Hall–Kier alpha value is -1.80. The molecule has 0 radical (unpaired) electrons. The summed E-state index contributed by atoms with van der Waals surface area (Å²) in [6, 6.07) is 4.17. The molecule has 0 saturated heterocycles. The number of nitro groups is 1. The number of hydrogen-bond donors (Lipinski definition) is 2. The van der Waals surface area contributed by atoms with Gasteiger partial charge in [0.05, 0.1) is 4.92 Å². The second kappa shape index (κ2) is 7.11. The fourth-order valence-corrected chi connectivity index (χ4v) is 2.41. The van der Waals surface area contributed by atoms with Crippen molar-refractivity contribution in [2.45, 2.75) is 13.0 Å². The zero-order valence-corrected chi connectivity index (χ0v) is 12.4. The number of carbonyl (C=O) groups excluding carboxylic acids is 1. The first-order valence-electron chi connectivity index (χ1n) is 5.93. The molecule has 1 aromatic carbocycles. The number of benzene rings is 1. The Labute approximate surface area is 121 Å². The second-order valence-corrected chi connectivity index (χ2v) is 5.26. The van der Waals surface area contributed by atoms with Crippen LogP contribution in [0.4, 0.5) is 11.4 Å². The van der Waals surface area contributed by atoms with Crippen LogP contribution in [0.15, 0.2) is 18.2 Å². The summed E-state index contributed by atoms with van der Waals surface area (Å²) in [6.07, 6.45) is 1.97. The maximum atomic E-state index is 12.3. The Morgan fingerprint density at radius 1 is 1.60 bits per heavy atom. The number of rotatable bonds is 6. The Balaban J connectivity index is 3.02. The van der Waals surface area contributed by atoms with Crippen molar-refractivity contribution in [3.63, 3.8) is 0 Å². The first kappa shape index (κ1) is 16.3. The molecule has 3 N–H and O–H groups in total. The Bertz CT molecular complexity index is 509. The molecular weight excluding hydrogens is 280 g/mol. The number of amides is 1. The molecule has 1 unspecified atom stereocenters. The molecule has 0 aliphatic rings. The zero-order valence-electron chi connectivity index (χ0n) is 11.6. The highest BCUT2D eigenvalue weighted by molar-refractivity contribution is 7.98. The fraction of sp³-hybridized carbons (Fsp3) is 0.417. The zero-order chi connectivity index (χ0) is 15.3. The van der Waals surface area contributed by atoms with Gasteiger partial charge >= 0.3 is 0 Å². The van der Waals surface area contributed by atoms with Crippen LogP contribution in [0, 0.1) is 10.1 Å². The van der Waals surface area contributed by atoms with Crippen molar-refractivity contribution in [2.75, 3.05) is 24.5 Å². The van der Waals surface area contributed by atoms with E-state index in [9.17, 15) is 14.9 Å². The van der Waals surface area contributed by atoms with Gasteiger partial charge in [-0.2, -0.15) is 11.8 Å². The third-order valence-electron chi connectivity index (χ3n) is 2.99. The van der Waals surface area contributed by atoms with Crippen molar-refractivity contribution in [1.29, 1.82) is 0 Å². The van der Waals surface area contributed by atoms with Crippen molar-refractivity contribution in [3.05, 3.63) is 33.9 Å². The van der Waals surface area contributed by atoms with E-state index in [2.05, 4.69) is 5.43 Å². The summed E-state index contributed by atoms with van der Waals surface area (Å²) < 4.78 is 0. The number of nitrogens with two attached hydrogens (primary N) is 1. The normalized spacial score (nSPS) is 11.8. The highest BCUT2D eigenvalue weighted by Gasteiger charge is 2.20. The number of nitrogens with one attached hydrogen (secondary N) is 1. The van der Waals surface area contributed by atoms with E-state index in [1.54, 1.807) is 23.7 Å². The van der Waals surface area contributed by atoms with E-state index in [1.165, 1.54) is 18.2 Å². The summed E-state index contributed by atoms with van der Waals surface area (Å²) in [6.45, 7) is 1.95. The minimum atomic E-state index is -0.552. The SMILES string of the molecule is CSCC(C)N(C)C(=O)c1ccc([N+](=O)[O-])c(NN)c1. The van der Waals surface area contributed by atoms with Crippen LogP contribution in [0.25, 0.3) is 0 Å². The number of nitrogen functional groups attached to an aromatic ring is 1. The van der Waals surface area contributed by atoms with Crippen molar-refractivity contribution in [2.24, 2.45) is 5.84 Å². The molecule has 0 aliphatic carbocycles. The highest BCUT2D eigenvalue weighted by atomic mass is 32.2. The van der Waals surface area contributed by atoms with E-state index in [0.29, 0.717) is 5.56 Å². The van der Waals surface area contributed by atoms with E-state index in [0.717, 1.165) is 5.75 Å². The van der Waals surface area contributed by atoms with Crippen molar-refractivity contribution in [3.8, 4) is 0 Å². The van der Waals surface area contributed by atoms with Gasteiger partial charge in [-0.25, -0.2) is 0 Å². The smallest absolute Gasteiger partial charge is 0.293 e. The number of hydrogen-bond acceptors (Lipinski definition) is 6. The molecule has 20 heavy (non-hydrogen) atoms. The maximum absolute atomic E-state index is 12.3. The molecule has 0 fully saturated rings. The summed E-state index contributed by atoms with van der Waals surface area (Å²) in [7, 11) is 1.71. The summed E-state index contributed by atoms with van der Waals surface area (Å²) in [5.41, 5.74) is 2.56. The monoisotopic (exact) mass is 298 g/mol. The standard InChI is InChI=1S/C12H18N4O3S/c1-8(7-20-3)15(2)12(17)9-4-5-11(16(18)19)10(6-9)14-13/h4-6,8,14H,7,13H2,1-3H3. The van der Waals surface area contributed by atoms with Crippen LogP contribution in [-0.4, -0.2) is 40.8 Å². The van der Waals surface area contributed by atoms with E-state index >= 15 is 0 Å². The first-order chi connectivity index (χ1) is 9.42. The lowest BCUT2D eigenvalue weighted by atomic mass is 10.1. The number of anilines is 1. The molecule has 110 valence electrons. The minimum absolute atomic E-state index is 0.0713. The first-order valence-corrected chi connectivity index (χ1v) is 7.32. The minimum Gasteiger partial charge on any atom is -0.338 e. The molecule has 7 nitrogen and oxygen atoms in total. The van der Waals surface area contributed by atoms with Gasteiger partial charge in [0.15, 0.2) is 0 Å². The maximum Gasteiger partial charge on any atom is 0.293 e. The van der Waals surface area contributed by atoms with Crippen LogP contribution in [0.3, 0.4) is 0 Å². The molecule has 0 spiro atoms. The van der Waals surface area contributed by atoms with E-state index in [-0.39, 0.29) is 23.3 Å². The van der Waals surface area contributed by atoms with Crippen LogP contribution < -0.4 is 11.3 Å². The van der Waals surface area contributed by atoms with Gasteiger partial charge in [0, 0.05) is 30.5 Å². The quantitative estimate of drug-likeness (QED) is 0.471. The van der Waals surface area contributed by atoms with E-state index in [4.69, 9.17) is 5.84 Å². The number of nitrogens with zero attached hydrogens (tertiary/aromatic N) is 2. The van der Waals surface area contributed by atoms with Crippen LogP contribution in [0.5, 0.6) is 0 Å². The molecule has 1 rings (SSSR count). The molecule has 8 heteroatoms. The van der Waals surface area contributed by atoms with Crippen LogP contribution in [-0.2, 0) is 0 Å². The number of carbonyl (C=O) groups is 1. The average Bonchev–Trinajstić information content (AvgIpc) is 2.44. The third-order valence-corrected chi connectivity index (χ3v) is 3.80. The van der Waals surface area contributed by atoms with Crippen molar-refractivity contribution < 1.29 is 9.72 Å². The molecule has 0 aromatic heterocycles. The predicted octanol–water partition coefficient (Wildman–Crippen LogP) is 1.70. The van der Waals surface area contributed by atoms with Gasteiger partial charge in [-0.3, -0.25) is 20.8 Å². The Kier molecular flexibility index (Phi) is 5.78. The number of hydrazine groups is 1. The van der Waals surface area contributed by atoms with Gasteiger partial charge in [-0.15, -0.1) is 0 Å². The van der Waals surface area contributed by atoms with Gasteiger partial charge < -0.3 is 10.3 Å². The Morgan fingerprint density at radius 2 is 2.25 bits per heavy atom. The number of thioether (sulfide) groups is 1. The van der Waals surface area contributed by atoms with Crippen LogP contribution in [0.2, 0.25) is 0 Å². The number of nitro benzene ring substituents is 1.